The number of benzene rings is 2. The molecule has 5 nitrogen and oxygen atoms in total. The van der Waals surface area contributed by atoms with E-state index in [9.17, 15) is 5.11 Å². The predicted octanol–water partition coefficient (Wildman–Crippen LogP) is 2.78. The maximum atomic E-state index is 9.58. The molecule has 2 aromatic rings. The number of phenolic OH excluding ortho intramolecular Hbond substituents is 1. The Morgan fingerprint density at radius 3 is 2.71 bits per heavy atom. The summed E-state index contributed by atoms with van der Waals surface area (Å²) in [5.74, 6) is 2.14. The van der Waals surface area contributed by atoms with E-state index in [0.29, 0.717) is 25.5 Å². The molecule has 1 aliphatic heterocycles. The van der Waals surface area contributed by atoms with E-state index in [1.807, 2.05) is 24.3 Å². The van der Waals surface area contributed by atoms with E-state index >= 15 is 0 Å². The van der Waals surface area contributed by atoms with E-state index < -0.39 is 0 Å². The van der Waals surface area contributed by atoms with Crippen molar-refractivity contribution in [1.29, 1.82) is 0 Å². The number of aromatic hydroxyl groups is 1. The highest BCUT2D eigenvalue weighted by atomic mass is 16.6. The molecule has 0 saturated heterocycles. The van der Waals surface area contributed by atoms with Gasteiger partial charge in [-0.25, -0.2) is 0 Å². The van der Waals surface area contributed by atoms with Crippen LogP contribution in [0.2, 0.25) is 0 Å². The normalized spacial score (nSPS) is 12.8. The molecule has 0 fully saturated rings. The lowest BCUT2D eigenvalue weighted by Crippen LogP contribution is -2.15. The summed E-state index contributed by atoms with van der Waals surface area (Å²) in [5.41, 5.74) is 1.96. The third kappa shape index (κ3) is 2.97. The van der Waals surface area contributed by atoms with Crippen molar-refractivity contribution >= 4 is 5.69 Å². The number of hydrogen-bond acceptors (Lipinski definition) is 5. The van der Waals surface area contributed by atoms with Gasteiger partial charge in [-0.05, 0) is 29.8 Å². The summed E-state index contributed by atoms with van der Waals surface area (Å²) in [6.45, 7) is 1.79. The Kier molecular flexibility index (Phi) is 3.73. The van der Waals surface area contributed by atoms with Crippen LogP contribution in [0, 0.1) is 0 Å². The number of fused-ring (bicyclic) bond motifs is 1. The van der Waals surface area contributed by atoms with Gasteiger partial charge < -0.3 is 24.6 Å². The van der Waals surface area contributed by atoms with E-state index in [4.69, 9.17) is 14.2 Å². The molecule has 2 aromatic carbocycles. The fourth-order valence-electron chi connectivity index (χ4n) is 2.19. The van der Waals surface area contributed by atoms with Crippen molar-refractivity contribution in [3.05, 3.63) is 42.0 Å². The molecular weight excluding hydrogens is 270 g/mol. The standard InChI is InChI=1S/C16H17NO4/c1-19-15-8-11(2-4-13(15)18)10-17-12-3-5-14-16(9-12)21-7-6-20-14/h2-5,8-9,17-18H,6-7,10H2,1H3. The third-order valence-electron chi connectivity index (χ3n) is 3.28. The number of ether oxygens (including phenoxy) is 3. The van der Waals surface area contributed by atoms with Gasteiger partial charge in [-0.2, -0.15) is 0 Å². The second kappa shape index (κ2) is 5.83. The number of phenols is 1. The zero-order valence-electron chi connectivity index (χ0n) is 11.8. The van der Waals surface area contributed by atoms with Gasteiger partial charge in [0.2, 0.25) is 0 Å². The maximum Gasteiger partial charge on any atom is 0.163 e. The molecule has 0 unspecified atom stereocenters. The van der Waals surface area contributed by atoms with Gasteiger partial charge in [-0.1, -0.05) is 6.07 Å². The summed E-state index contributed by atoms with van der Waals surface area (Å²) in [6, 6.07) is 11.1. The van der Waals surface area contributed by atoms with E-state index in [1.165, 1.54) is 7.11 Å². The average molecular weight is 287 g/mol. The van der Waals surface area contributed by atoms with E-state index in [1.54, 1.807) is 12.1 Å². The van der Waals surface area contributed by atoms with E-state index in [2.05, 4.69) is 5.32 Å². The van der Waals surface area contributed by atoms with E-state index in [0.717, 1.165) is 22.7 Å². The van der Waals surface area contributed by atoms with Crippen molar-refractivity contribution in [2.45, 2.75) is 6.54 Å². The lowest BCUT2D eigenvalue weighted by molar-refractivity contribution is 0.171. The minimum Gasteiger partial charge on any atom is -0.504 e. The molecule has 0 aromatic heterocycles. The van der Waals surface area contributed by atoms with Gasteiger partial charge in [0.25, 0.3) is 0 Å². The predicted molar refractivity (Wildman–Crippen MR) is 79.4 cm³/mol. The Labute approximate surface area is 123 Å². The van der Waals surface area contributed by atoms with Crippen molar-refractivity contribution in [2.24, 2.45) is 0 Å². The van der Waals surface area contributed by atoms with Crippen LogP contribution in [0.3, 0.4) is 0 Å². The molecule has 0 bridgehead atoms. The van der Waals surface area contributed by atoms with Crippen LogP contribution in [-0.2, 0) is 6.54 Å². The van der Waals surface area contributed by atoms with Gasteiger partial charge in [-0.3, -0.25) is 0 Å². The molecule has 0 radical (unpaired) electrons. The Bertz CT molecular complexity index is 642. The van der Waals surface area contributed by atoms with Crippen LogP contribution in [0.4, 0.5) is 5.69 Å². The summed E-state index contributed by atoms with van der Waals surface area (Å²) in [6.07, 6.45) is 0. The van der Waals surface area contributed by atoms with E-state index in [-0.39, 0.29) is 5.75 Å². The molecule has 5 heteroatoms. The molecule has 0 atom stereocenters. The fourth-order valence-corrected chi connectivity index (χ4v) is 2.19. The molecule has 3 rings (SSSR count). The zero-order chi connectivity index (χ0) is 14.7. The highest BCUT2D eigenvalue weighted by molar-refractivity contribution is 5.55. The summed E-state index contributed by atoms with van der Waals surface area (Å²) in [5, 5.41) is 12.9. The van der Waals surface area contributed by atoms with Gasteiger partial charge >= 0.3 is 0 Å². The smallest absolute Gasteiger partial charge is 0.163 e. The van der Waals surface area contributed by atoms with Crippen LogP contribution in [0.15, 0.2) is 36.4 Å². The first-order chi connectivity index (χ1) is 10.3. The molecule has 0 amide bonds. The second-order valence-corrected chi connectivity index (χ2v) is 4.72. The van der Waals surface area contributed by atoms with Gasteiger partial charge in [-0.15, -0.1) is 0 Å². The largest absolute Gasteiger partial charge is 0.504 e. The summed E-state index contributed by atoms with van der Waals surface area (Å²) >= 11 is 0. The third-order valence-corrected chi connectivity index (χ3v) is 3.28. The Morgan fingerprint density at radius 1 is 1.10 bits per heavy atom. The lowest BCUT2D eigenvalue weighted by Gasteiger charge is -2.19. The number of rotatable bonds is 4. The van der Waals surface area contributed by atoms with Crippen molar-refractivity contribution < 1.29 is 19.3 Å². The van der Waals surface area contributed by atoms with Crippen molar-refractivity contribution in [2.75, 3.05) is 25.6 Å². The average Bonchev–Trinajstić information content (AvgIpc) is 2.54. The van der Waals surface area contributed by atoms with Crippen LogP contribution in [0.1, 0.15) is 5.56 Å². The van der Waals surface area contributed by atoms with Crippen LogP contribution >= 0.6 is 0 Å². The van der Waals surface area contributed by atoms with Crippen molar-refractivity contribution in [3.63, 3.8) is 0 Å². The highest BCUT2D eigenvalue weighted by Gasteiger charge is 2.11. The summed E-state index contributed by atoms with van der Waals surface area (Å²) in [4.78, 5) is 0. The van der Waals surface area contributed by atoms with Gasteiger partial charge in [0, 0.05) is 18.3 Å². The van der Waals surface area contributed by atoms with Crippen LogP contribution < -0.4 is 19.5 Å². The molecule has 0 spiro atoms. The zero-order valence-corrected chi connectivity index (χ0v) is 11.8. The fraction of sp³-hybridized carbons (Fsp3) is 0.250. The molecule has 21 heavy (non-hydrogen) atoms. The Hall–Kier alpha value is -2.56. The monoisotopic (exact) mass is 287 g/mol. The van der Waals surface area contributed by atoms with Gasteiger partial charge in [0.15, 0.2) is 23.0 Å². The first-order valence-electron chi connectivity index (χ1n) is 6.75. The second-order valence-electron chi connectivity index (χ2n) is 4.72. The van der Waals surface area contributed by atoms with Crippen molar-refractivity contribution in [1.82, 2.24) is 0 Å². The van der Waals surface area contributed by atoms with Gasteiger partial charge in [0.05, 0.1) is 7.11 Å². The minimum atomic E-state index is 0.139. The van der Waals surface area contributed by atoms with Crippen molar-refractivity contribution in [3.8, 4) is 23.0 Å². The van der Waals surface area contributed by atoms with Crippen LogP contribution in [0.25, 0.3) is 0 Å². The molecule has 110 valence electrons. The molecule has 1 heterocycles. The topological polar surface area (TPSA) is 60.0 Å². The SMILES string of the molecule is COc1cc(CNc2ccc3c(c2)OCCO3)ccc1O. The summed E-state index contributed by atoms with van der Waals surface area (Å²) < 4.78 is 16.1. The molecule has 0 saturated carbocycles. The van der Waals surface area contributed by atoms with Crippen LogP contribution in [-0.4, -0.2) is 25.4 Å². The van der Waals surface area contributed by atoms with Crippen LogP contribution in [0.5, 0.6) is 23.0 Å². The molecule has 1 aliphatic rings. The first kappa shape index (κ1) is 13.4. The molecule has 0 aliphatic carbocycles. The quantitative estimate of drug-likeness (QED) is 0.905. The minimum absolute atomic E-state index is 0.139. The summed E-state index contributed by atoms with van der Waals surface area (Å²) in [7, 11) is 1.53. The first-order valence-corrected chi connectivity index (χ1v) is 6.75. The number of methoxy groups -OCH3 is 1. The number of anilines is 1. The Balaban J connectivity index is 1.70. The maximum absolute atomic E-state index is 9.58. The lowest BCUT2D eigenvalue weighted by atomic mass is 10.2. The number of hydrogen-bond donors (Lipinski definition) is 2. The molecular formula is C16H17NO4. The highest BCUT2D eigenvalue weighted by Crippen LogP contribution is 2.33. The molecule has 2 N–H and O–H groups in total. The Morgan fingerprint density at radius 2 is 1.90 bits per heavy atom. The van der Waals surface area contributed by atoms with Gasteiger partial charge in [0.1, 0.15) is 13.2 Å². The number of nitrogens with one attached hydrogen (secondary N) is 1.